The Morgan fingerprint density at radius 1 is 1.26 bits per heavy atom. The molecule has 6 heteroatoms. The molecule has 108 valence electrons. The molecule has 1 aromatic rings. The van der Waals surface area contributed by atoms with Crippen LogP contribution in [-0.4, -0.2) is 34.6 Å². The zero-order valence-corrected chi connectivity index (χ0v) is 14.1. The fraction of sp³-hybridized carbons (Fsp3) is 0.538. The van der Waals surface area contributed by atoms with Crippen molar-refractivity contribution in [2.24, 2.45) is 0 Å². The molecule has 0 heterocycles. The molecule has 1 aromatic carbocycles. The first-order chi connectivity index (χ1) is 8.90. The van der Waals surface area contributed by atoms with Crippen LogP contribution in [0.3, 0.4) is 0 Å². The lowest BCUT2D eigenvalue weighted by Crippen LogP contribution is -3.12. The van der Waals surface area contributed by atoms with Crippen LogP contribution >= 0.6 is 15.9 Å². The van der Waals surface area contributed by atoms with E-state index in [0.29, 0.717) is 11.4 Å². The van der Waals surface area contributed by atoms with Crippen molar-refractivity contribution in [3.8, 4) is 0 Å². The highest BCUT2D eigenvalue weighted by Crippen LogP contribution is 2.19. The second-order valence-electron chi connectivity index (χ2n) is 4.52. The number of nitrogens with one attached hydrogen (secondary N) is 2. The number of hydrogen-bond donors (Lipinski definition) is 2. The number of aryl methyl sites for hydroxylation is 1. The minimum atomic E-state index is -3.40. The highest BCUT2D eigenvalue weighted by Gasteiger charge is 2.15. The van der Waals surface area contributed by atoms with Crippen LogP contribution in [0, 0.1) is 6.92 Å². The van der Waals surface area contributed by atoms with Crippen molar-refractivity contribution in [3.63, 3.8) is 0 Å². The molecule has 19 heavy (non-hydrogen) atoms. The van der Waals surface area contributed by atoms with Gasteiger partial charge in [-0.05, 0) is 44.5 Å². The summed E-state index contributed by atoms with van der Waals surface area (Å²) in [6.07, 6.45) is 0. The Kier molecular flexibility index (Phi) is 6.46. The van der Waals surface area contributed by atoms with E-state index in [0.717, 1.165) is 29.7 Å². The summed E-state index contributed by atoms with van der Waals surface area (Å²) in [6, 6.07) is 5.06. The van der Waals surface area contributed by atoms with Crippen molar-refractivity contribution in [2.45, 2.75) is 25.7 Å². The number of likely N-dealkylation sites (N-methyl/N-ethyl adjacent to an activating group) is 1. The van der Waals surface area contributed by atoms with E-state index in [-0.39, 0.29) is 0 Å². The first-order valence-electron chi connectivity index (χ1n) is 6.50. The van der Waals surface area contributed by atoms with Crippen LogP contribution < -0.4 is 9.62 Å². The summed E-state index contributed by atoms with van der Waals surface area (Å²) >= 11 is 3.37. The van der Waals surface area contributed by atoms with Gasteiger partial charge in [0.2, 0.25) is 10.0 Å². The molecule has 0 unspecified atom stereocenters. The molecule has 0 radical (unpaired) electrons. The summed E-state index contributed by atoms with van der Waals surface area (Å²) in [5.41, 5.74) is 0.914. The van der Waals surface area contributed by atoms with E-state index in [9.17, 15) is 8.42 Å². The van der Waals surface area contributed by atoms with E-state index in [1.165, 1.54) is 4.90 Å². The summed E-state index contributed by atoms with van der Waals surface area (Å²) < 4.78 is 27.8. The lowest BCUT2D eigenvalue weighted by atomic mass is 10.2. The van der Waals surface area contributed by atoms with Gasteiger partial charge in [-0.2, -0.15) is 0 Å². The van der Waals surface area contributed by atoms with Gasteiger partial charge < -0.3 is 4.90 Å². The molecule has 0 aliphatic heterocycles. The van der Waals surface area contributed by atoms with E-state index in [4.69, 9.17) is 0 Å². The highest BCUT2D eigenvalue weighted by molar-refractivity contribution is 9.10. The SMILES string of the molecule is CC[NH+](CC)CCNS(=O)(=O)c1ccc(Br)c(C)c1. The van der Waals surface area contributed by atoms with Gasteiger partial charge in [0.15, 0.2) is 0 Å². The van der Waals surface area contributed by atoms with Crippen LogP contribution in [0.15, 0.2) is 27.6 Å². The summed E-state index contributed by atoms with van der Waals surface area (Å²) in [4.78, 5) is 1.71. The molecule has 1 rings (SSSR count). The number of sulfonamides is 1. The Hall–Kier alpha value is -0.430. The van der Waals surface area contributed by atoms with Gasteiger partial charge >= 0.3 is 0 Å². The Morgan fingerprint density at radius 2 is 1.89 bits per heavy atom. The Morgan fingerprint density at radius 3 is 2.42 bits per heavy atom. The smallest absolute Gasteiger partial charge is 0.240 e. The van der Waals surface area contributed by atoms with E-state index < -0.39 is 10.0 Å². The van der Waals surface area contributed by atoms with Gasteiger partial charge in [0.05, 0.1) is 31.1 Å². The molecule has 2 N–H and O–H groups in total. The molecule has 0 aliphatic carbocycles. The van der Waals surface area contributed by atoms with Gasteiger partial charge in [0.25, 0.3) is 0 Å². The van der Waals surface area contributed by atoms with Crippen LogP contribution in [0.25, 0.3) is 0 Å². The van der Waals surface area contributed by atoms with Crippen LogP contribution in [0.4, 0.5) is 0 Å². The maximum absolute atomic E-state index is 12.1. The molecule has 0 fully saturated rings. The molecule has 0 aliphatic rings. The molecular weight excluding hydrogens is 328 g/mol. The monoisotopic (exact) mass is 349 g/mol. The van der Waals surface area contributed by atoms with Crippen molar-refractivity contribution < 1.29 is 13.3 Å². The first-order valence-corrected chi connectivity index (χ1v) is 8.77. The number of benzene rings is 1. The zero-order chi connectivity index (χ0) is 14.5. The maximum Gasteiger partial charge on any atom is 0.240 e. The van der Waals surface area contributed by atoms with E-state index in [2.05, 4.69) is 34.5 Å². The summed E-state index contributed by atoms with van der Waals surface area (Å²) in [5.74, 6) is 0. The minimum absolute atomic E-state index is 0.322. The van der Waals surface area contributed by atoms with Crippen molar-refractivity contribution in [2.75, 3.05) is 26.2 Å². The summed E-state index contributed by atoms with van der Waals surface area (Å²) in [6.45, 7) is 9.38. The molecule has 0 bridgehead atoms. The minimum Gasteiger partial charge on any atom is -0.334 e. The van der Waals surface area contributed by atoms with Gasteiger partial charge in [0.1, 0.15) is 0 Å². The molecular formula is C13H22BrN2O2S+. The third-order valence-corrected chi connectivity index (χ3v) is 5.56. The lowest BCUT2D eigenvalue weighted by molar-refractivity contribution is -0.895. The average molecular weight is 350 g/mol. The second-order valence-corrected chi connectivity index (χ2v) is 7.14. The second kappa shape index (κ2) is 7.38. The largest absolute Gasteiger partial charge is 0.334 e. The predicted octanol–water partition coefficient (Wildman–Crippen LogP) is 0.961. The van der Waals surface area contributed by atoms with Gasteiger partial charge in [-0.25, -0.2) is 13.1 Å². The van der Waals surface area contributed by atoms with Gasteiger partial charge in [-0.1, -0.05) is 15.9 Å². The Labute approximate surface area is 124 Å². The summed E-state index contributed by atoms with van der Waals surface area (Å²) in [7, 11) is -3.40. The number of rotatable bonds is 7. The summed E-state index contributed by atoms with van der Waals surface area (Å²) in [5, 5.41) is 0. The molecule has 0 spiro atoms. The van der Waals surface area contributed by atoms with Crippen LogP contribution in [-0.2, 0) is 10.0 Å². The molecule has 4 nitrogen and oxygen atoms in total. The molecule has 0 aromatic heterocycles. The fourth-order valence-electron chi connectivity index (χ4n) is 1.83. The number of halogens is 1. The van der Waals surface area contributed by atoms with Gasteiger partial charge in [-0.3, -0.25) is 0 Å². The molecule has 0 saturated heterocycles. The average Bonchev–Trinajstić information content (AvgIpc) is 2.37. The van der Waals surface area contributed by atoms with Crippen LogP contribution in [0.5, 0.6) is 0 Å². The molecule has 0 amide bonds. The normalized spacial score (nSPS) is 12.1. The van der Waals surface area contributed by atoms with Crippen LogP contribution in [0.2, 0.25) is 0 Å². The topological polar surface area (TPSA) is 50.6 Å². The van der Waals surface area contributed by atoms with E-state index >= 15 is 0 Å². The lowest BCUT2D eigenvalue weighted by Gasteiger charge is -2.15. The number of quaternary nitrogens is 1. The fourth-order valence-corrected chi connectivity index (χ4v) is 3.20. The highest BCUT2D eigenvalue weighted by atomic mass is 79.9. The van der Waals surface area contributed by atoms with Crippen molar-refractivity contribution in [1.82, 2.24) is 4.72 Å². The van der Waals surface area contributed by atoms with Crippen molar-refractivity contribution >= 4 is 26.0 Å². The Balaban J connectivity index is 2.68. The van der Waals surface area contributed by atoms with E-state index in [1.54, 1.807) is 18.2 Å². The number of hydrogen-bond acceptors (Lipinski definition) is 2. The standard InChI is InChI=1S/C13H21BrN2O2S/c1-4-16(5-2)9-8-15-19(17,18)12-6-7-13(14)11(3)10-12/h6-7,10,15H,4-5,8-9H2,1-3H3/p+1. The van der Waals surface area contributed by atoms with Crippen molar-refractivity contribution in [1.29, 1.82) is 0 Å². The van der Waals surface area contributed by atoms with Crippen molar-refractivity contribution in [3.05, 3.63) is 28.2 Å². The van der Waals surface area contributed by atoms with E-state index in [1.807, 2.05) is 6.92 Å². The maximum atomic E-state index is 12.1. The Bertz CT molecular complexity index is 513. The molecule has 0 saturated carbocycles. The molecule has 0 atom stereocenters. The first kappa shape index (κ1) is 16.6. The van der Waals surface area contributed by atoms with Gasteiger partial charge in [0, 0.05) is 4.47 Å². The quantitative estimate of drug-likeness (QED) is 0.770. The van der Waals surface area contributed by atoms with Crippen LogP contribution in [0.1, 0.15) is 19.4 Å². The third-order valence-electron chi connectivity index (χ3n) is 3.21. The zero-order valence-electron chi connectivity index (χ0n) is 11.7. The third kappa shape index (κ3) is 4.87. The predicted molar refractivity (Wildman–Crippen MR) is 81.0 cm³/mol. The van der Waals surface area contributed by atoms with Gasteiger partial charge in [-0.15, -0.1) is 0 Å².